The monoisotopic (exact) mass is 446 g/mol. The normalized spacial score (nSPS) is 18.2. The highest BCUT2D eigenvalue weighted by molar-refractivity contribution is 7.13. The van der Waals surface area contributed by atoms with E-state index in [9.17, 15) is 24.3 Å². The van der Waals surface area contributed by atoms with Crippen molar-refractivity contribution in [3.8, 4) is 10.6 Å². The number of imide groups is 1. The third-order valence-electron chi connectivity index (χ3n) is 4.95. The van der Waals surface area contributed by atoms with Crippen molar-refractivity contribution in [1.82, 2.24) is 15.0 Å². The number of anilines is 1. The van der Waals surface area contributed by atoms with Crippen LogP contribution in [0.25, 0.3) is 10.6 Å². The zero-order chi connectivity index (χ0) is 22.7. The van der Waals surface area contributed by atoms with Gasteiger partial charge in [-0.2, -0.15) is 5.06 Å². The standard InChI is InChI=1S/C20H22N4O6S/c1-11-6-17(27)24(19(11)28)30-9-14-5-4-13(7-21-14)18-22-16(10-31-18)23(3)20(29)12(2)15(26)8-25/h4-5,7-8,10-12,15,26H,6,9H2,1-3H3. The van der Waals surface area contributed by atoms with Crippen LogP contribution in [0.3, 0.4) is 0 Å². The van der Waals surface area contributed by atoms with Gasteiger partial charge in [-0.3, -0.25) is 29.1 Å². The first-order valence-electron chi connectivity index (χ1n) is 9.54. The Hall–Kier alpha value is -3.02. The molecule has 1 aliphatic heterocycles. The highest BCUT2D eigenvalue weighted by Gasteiger charge is 2.37. The number of thiazole rings is 1. The van der Waals surface area contributed by atoms with Crippen LogP contribution in [-0.2, 0) is 30.6 Å². The average molecular weight is 446 g/mol. The number of aromatic nitrogens is 2. The van der Waals surface area contributed by atoms with Gasteiger partial charge < -0.3 is 9.90 Å². The number of aliphatic hydroxyl groups is 1. The molecule has 1 aliphatic rings. The molecule has 0 aromatic carbocycles. The lowest BCUT2D eigenvalue weighted by Crippen LogP contribution is -2.38. The lowest BCUT2D eigenvalue weighted by atomic mass is 10.0. The van der Waals surface area contributed by atoms with Crippen LogP contribution in [0.4, 0.5) is 5.82 Å². The van der Waals surface area contributed by atoms with Crippen LogP contribution in [0.15, 0.2) is 23.7 Å². The van der Waals surface area contributed by atoms with Gasteiger partial charge in [-0.15, -0.1) is 11.3 Å². The van der Waals surface area contributed by atoms with Crippen LogP contribution in [0, 0.1) is 11.8 Å². The van der Waals surface area contributed by atoms with E-state index in [0.717, 1.165) is 5.06 Å². The molecular weight excluding hydrogens is 424 g/mol. The van der Waals surface area contributed by atoms with E-state index in [1.54, 1.807) is 30.6 Å². The Labute approximate surface area is 182 Å². The number of nitrogens with zero attached hydrogens (tertiary/aromatic N) is 4. The van der Waals surface area contributed by atoms with E-state index >= 15 is 0 Å². The first-order chi connectivity index (χ1) is 14.7. The number of amides is 3. The third kappa shape index (κ3) is 4.84. The van der Waals surface area contributed by atoms with Gasteiger partial charge in [0.25, 0.3) is 11.8 Å². The van der Waals surface area contributed by atoms with Crippen molar-refractivity contribution < 1.29 is 29.1 Å². The highest BCUT2D eigenvalue weighted by Crippen LogP contribution is 2.28. The van der Waals surface area contributed by atoms with Gasteiger partial charge in [-0.1, -0.05) is 13.8 Å². The molecule has 31 heavy (non-hydrogen) atoms. The molecule has 0 saturated carbocycles. The predicted octanol–water partition coefficient (Wildman–Crippen LogP) is 1.19. The molecule has 0 aliphatic carbocycles. The molecule has 0 spiro atoms. The van der Waals surface area contributed by atoms with E-state index in [-0.39, 0.29) is 30.8 Å². The maximum absolute atomic E-state index is 12.4. The van der Waals surface area contributed by atoms with Gasteiger partial charge >= 0.3 is 0 Å². The fourth-order valence-electron chi connectivity index (χ4n) is 2.89. The quantitative estimate of drug-likeness (QED) is 0.473. The molecule has 3 amide bonds. The lowest BCUT2D eigenvalue weighted by Gasteiger charge is -2.20. The van der Waals surface area contributed by atoms with E-state index in [1.165, 1.54) is 30.2 Å². The van der Waals surface area contributed by atoms with Gasteiger partial charge in [-0.25, -0.2) is 4.98 Å². The van der Waals surface area contributed by atoms with Crippen LogP contribution >= 0.6 is 11.3 Å². The number of carbonyl (C=O) groups is 4. The van der Waals surface area contributed by atoms with E-state index < -0.39 is 17.9 Å². The minimum Gasteiger partial charge on any atom is -0.385 e. The molecule has 0 bridgehead atoms. The molecular formula is C20H22N4O6S. The number of carbonyl (C=O) groups excluding carboxylic acids is 4. The molecule has 1 saturated heterocycles. The van der Waals surface area contributed by atoms with Crippen LogP contribution in [0.1, 0.15) is 26.0 Å². The van der Waals surface area contributed by atoms with Gasteiger partial charge in [0, 0.05) is 36.5 Å². The van der Waals surface area contributed by atoms with Crippen LogP contribution < -0.4 is 4.90 Å². The summed E-state index contributed by atoms with van der Waals surface area (Å²) in [6.45, 7) is 3.12. The summed E-state index contributed by atoms with van der Waals surface area (Å²) in [7, 11) is 1.52. The Kier molecular flexibility index (Phi) is 6.88. The number of aldehydes is 1. The maximum Gasteiger partial charge on any atom is 0.256 e. The fraction of sp³-hybridized carbons (Fsp3) is 0.400. The van der Waals surface area contributed by atoms with E-state index in [1.807, 2.05) is 0 Å². The molecule has 10 nitrogen and oxygen atoms in total. The molecule has 11 heteroatoms. The van der Waals surface area contributed by atoms with E-state index in [4.69, 9.17) is 4.84 Å². The number of hydroxylamine groups is 2. The van der Waals surface area contributed by atoms with Crippen molar-refractivity contribution in [3.05, 3.63) is 29.4 Å². The second kappa shape index (κ2) is 9.41. The number of hydrogen-bond acceptors (Lipinski definition) is 9. The molecule has 1 fully saturated rings. The second-order valence-corrected chi connectivity index (χ2v) is 8.12. The van der Waals surface area contributed by atoms with Crippen LogP contribution in [0.5, 0.6) is 0 Å². The largest absolute Gasteiger partial charge is 0.385 e. The van der Waals surface area contributed by atoms with Crippen molar-refractivity contribution in [2.24, 2.45) is 11.8 Å². The van der Waals surface area contributed by atoms with Gasteiger partial charge in [0.2, 0.25) is 5.91 Å². The summed E-state index contributed by atoms with van der Waals surface area (Å²) in [5, 5.41) is 12.7. The van der Waals surface area contributed by atoms with Crippen molar-refractivity contribution >= 4 is 41.2 Å². The Bertz CT molecular complexity index is 992. The van der Waals surface area contributed by atoms with Crippen LogP contribution in [-0.4, -0.2) is 57.3 Å². The van der Waals surface area contributed by atoms with Crippen molar-refractivity contribution in [2.75, 3.05) is 11.9 Å². The summed E-state index contributed by atoms with van der Waals surface area (Å²) in [6, 6.07) is 3.47. The highest BCUT2D eigenvalue weighted by atomic mass is 32.1. The number of pyridine rings is 1. The zero-order valence-electron chi connectivity index (χ0n) is 17.2. The molecule has 3 heterocycles. The van der Waals surface area contributed by atoms with Gasteiger partial charge in [0.15, 0.2) is 0 Å². The summed E-state index contributed by atoms with van der Waals surface area (Å²) in [5.41, 5.74) is 1.24. The minimum absolute atomic E-state index is 0.0260. The second-order valence-electron chi connectivity index (χ2n) is 7.27. The number of aliphatic hydroxyl groups excluding tert-OH is 1. The molecule has 3 unspecified atom stereocenters. The summed E-state index contributed by atoms with van der Waals surface area (Å²) in [6.07, 6.45) is 0.677. The Morgan fingerprint density at radius 3 is 2.77 bits per heavy atom. The minimum atomic E-state index is -1.37. The van der Waals surface area contributed by atoms with E-state index in [2.05, 4.69) is 9.97 Å². The average Bonchev–Trinajstić information content (AvgIpc) is 3.35. The Morgan fingerprint density at radius 2 is 2.19 bits per heavy atom. The lowest BCUT2D eigenvalue weighted by molar-refractivity contribution is -0.192. The topological polar surface area (TPSA) is 130 Å². The third-order valence-corrected chi connectivity index (χ3v) is 5.83. The maximum atomic E-state index is 12.4. The van der Waals surface area contributed by atoms with Crippen molar-refractivity contribution in [1.29, 1.82) is 0 Å². The molecule has 1 N–H and O–H groups in total. The Balaban J connectivity index is 1.64. The smallest absolute Gasteiger partial charge is 0.256 e. The first-order valence-corrected chi connectivity index (χ1v) is 10.4. The van der Waals surface area contributed by atoms with Crippen LogP contribution in [0.2, 0.25) is 0 Å². The summed E-state index contributed by atoms with van der Waals surface area (Å²) in [4.78, 5) is 62.0. The SMILES string of the molecule is CC1CC(=O)N(OCc2ccc(-c3nc(N(C)C(=O)C(C)C(O)C=O)cs3)cn2)C1=O. The van der Waals surface area contributed by atoms with Gasteiger partial charge in [0.05, 0.1) is 11.6 Å². The fourth-order valence-corrected chi connectivity index (χ4v) is 3.72. The summed E-state index contributed by atoms with van der Waals surface area (Å²) >= 11 is 1.31. The van der Waals surface area contributed by atoms with Gasteiger partial charge in [0.1, 0.15) is 29.8 Å². The Morgan fingerprint density at radius 1 is 1.45 bits per heavy atom. The number of rotatable bonds is 8. The summed E-state index contributed by atoms with van der Waals surface area (Å²) < 4.78 is 0. The van der Waals surface area contributed by atoms with Crippen molar-refractivity contribution in [2.45, 2.75) is 33.0 Å². The molecule has 2 aromatic heterocycles. The summed E-state index contributed by atoms with van der Waals surface area (Å²) in [5.74, 6) is -2.02. The molecule has 2 aromatic rings. The van der Waals surface area contributed by atoms with Crippen molar-refractivity contribution in [3.63, 3.8) is 0 Å². The first kappa shape index (κ1) is 22.7. The number of hydrogen-bond donors (Lipinski definition) is 1. The predicted molar refractivity (Wildman–Crippen MR) is 110 cm³/mol. The van der Waals surface area contributed by atoms with Gasteiger partial charge in [-0.05, 0) is 12.1 Å². The molecule has 3 rings (SSSR count). The molecule has 164 valence electrons. The zero-order valence-corrected chi connectivity index (χ0v) is 18.0. The molecule has 3 atom stereocenters. The molecule has 0 radical (unpaired) electrons. The van der Waals surface area contributed by atoms with E-state index in [0.29, 0.717) is 28.4 Å².